The molecule has 1 nitrogen and oxygen atoms in total. The number of hydrogen-bond donors (Lipinski definition) is 1. The molecule has 20 heavy (non-hydrogen) atoms. The molecule has 0 amide bonds. The maximum absolute atomic E-state index is 12.6. The molecule has 0 aromatic heterocycles. The Morgan fingerprint density at radius 2 is 1.95 bits per heavy atom. The van der Waals surface area contributed by atoms with Crippen molar-refractivity contribution in [3.63, 3.8) is 0 Å². The van der Waals surface area contributed by atoms with E-state index in [9.17, 15) is 8.78 Å². The lowest BCUT2D eigenvalue weighted by Gasteiger charge is -2.29. The fraction of sp³-hybridized carbons (Fsp3) is 0.647. The van der Waals surface area contributed by atoms with E-state index in [2.05, 4.69) is 12.2 Å². The highest BCUT2D eigenvalue weighted by Crippen LogP contribution is 2.28. The van der Waals surface area contributed by atoms with Gasteiger partial charge in [0, 0.05) is 18.2 Å². The van der Waals surface area contributed by atoms with Crippen LogP contribution in [-0.2, 0) is 6.54 Å². The van der Waals surface area contributed by atoms with Crippen molar-refractivity contribution in [2.75, 3.05) is 0 Å². The summed E-state index contributed by atoms with van der Waals surface area (Å²) in [7, 11) is 0. The molecule has 1 saturated carbocycles. The Kier molecular flexibility index (Phi) is 5.96. The lowest BCUT2D eigenvalue weighted by atomic mass is 9.83. The maximum atomic E-state index is 12.6. The van der Waals surface area contributed by atoms with Crippen molar-refractivity contribution in [3.8, 4) is 0 Å². The molecule has 1 N–H and O–H groups in total. The first-order valence-corrected chi connectivity index (χ1v) is 7.79. The molecule has 1 aliphatic carbocycles. The lowest BCUT2D eigenvalue weighted by molar-refractivity contribution is 0.151. The summed E-state index contributed by atoms with van der Waals surface area (Å²) in [6.45, 7) is 2.95. The highest BCUT2D eigenvalue weighted by atomic mass is 19.3. The zero-order valence-electron chi connectivity index (χ0n) is 12.2. The predicted molar refractivity (Wildman–Crippen MR) is 78.9 cm³/mol. The summed E-state index contributed by atoms with van der Waals surface area (Å²) in [5.74, 6) is 0.903. The normalized spacial score (nSPS) is 23.2. The van der Waals surface area contributed by atoms with Crippen LogP contribution in [-0.4, -0.2) is 6.04 Å². The molecule has 112 valence electrons. The highest BCUT2D eigenvalue weighted by molar-refractivity contribution is 5.24. The third-order valence-corrected chi connectivity index (χ3v) is 4.34. The molecule has 3 heteroatoms. The monoisotopic (exact) mass is 281 g/mol. The summed E-state index contributed by atoms with van der Waals surface area (Å²) in [6, 6.07) is 7.29. The minimum atomic E-state index is -2.38. The third kappa shape index (κ3) is 4.55. The van der Waals surface area contributed by atoms with Crippen molar-refractivity contribution in [2.24, 2.45) is 5.92 Å². The average Bonchev–Trinajstić information content (AvgIpc) is 2.47. The van der Waals surface area contributed by atoms with E-state index in [0.29, 0.717) is 12.6 Å². The second-order valence-electron chi connectivity index (χ2n) is 5.93. The number of alkyl halides is 2. The SMILES string of the molecule is CCCC1CCC(NCc2cccc(C(F)F)c2)CC1. The Hall–Kier alpha value is -0.960. The summed E-state index contributed by atoms with van der Waals surface area (Å²) in [4.78, 5) is 0. The first-order valence-electron chi connectivity index (χ1n) is 7.79. The van der Waals surface area contributed by atoms with Gasteiger partial charge in [-0.3, -0.25) is 0 Å². The standard InChI is InChI=1S/C17H25F2N/c1-2-4-13-7-9-16(10-8-13)20-12-14-5-3-6-15(11-14)17(18)19/h3,5-6,11,13,16-17,20H,2,4,7-10,12H2,1H3. The van der Waals surface area contributed by atoms with Gasteiger partial charge in [0.15, 0.2) is 0 Å². The molecule has 2 rings (SSSR count). The Morgan fingerprint density at radius 1 is 1.20 bits per heavy atom. The molecule has 1 aromatic rings. The van der Waals surface area contributed by atoms with Crippen LogP contribution in [0.3, 0.4) is 0 Å². The summed E-state index contributed by atoms with van der Waals surface area (Å²) in [6.07, 6.45) is 5.31. The Labute approximate surface area is 120 Å². The molecular formula is C17H25F2N. The van der Waals surface area contributed by atoms with Crippen molar-refractivity contribution in [2.45, 2.75) is 64.5 Å². The van der Waals surface area contributed by atoms with Crippen LogP contribution in [0.2, 0.25) is 0 Å². The second kappa shape index (κ2) is 7.72. The zero-order chi connectivity index (χ0) is 14.4. The van der Waals surface area contributed by atoms with E-state index >= 15 is 0 Å². The van der Waals surface area contributed by atoms with Gasteiger partial charge in [-0.25, -0.2) is 8.78 Å². The van der Waals surface area contributed by atoms with Gasteiger partial charge < -0.3 is 5.32 Å². The van der Waals surface area contributed by atoms with E-state index < -0.39 is 6.43 Å². The Bertz CT molecular complexity index is 398. The lowest BCUT2D eigenvalue weighted by Crippen LogP contribution is -2.32. The van der Waals surface area contributed by atoms with E-state index in [1.54, 1.807) is 12.1 Å². The van der Waals surface area contributed by atoms with Gasteiger partial charge in [0.2, 0.25) is 0 Å². The van der Waals surface area contributed by atoms with Crippen LogP contribution in [0.25, 0.3) is 0 Å². The molecule has 0 radical (unpaired) electrons. The topological polar surface area (TPSA) is 12.0 Å². The number of benzene rings is 1. The van der Waals surface area contributed by atoms with Crippen molar-refractivity contribution in [1.29, 1.82) is 0 Å². The van der Waals surface area contributed by atoms with Crippen LogP contribution in [0.5, 0.6) is 0 Å². The second-order valence-corrected chi connectivity index (χ2v) is 5.93. The molecule has 0 saturated heterocycles. The molecule has 1 aliphatic rings. The predicted octanol–water partition coefficient (Wildman–Crippen LogP) is 5.07. The van der Waals surface area contributed by atoms with Crippen molar-refractivity contribution >= 4 is 0 Å². The number of nitrogens with one attached hydrogen (secondary N) is 1. The van der Waals surface area contributed by atoms with Gasteiger partial charge in [-0.05, 0) is 43.2 Å². The van der Waals surface area contributed by atoms with Crippen molar-refractivity contribution < 1.29 is 8.78 Å². The van der Waals surface area contributed by atoms with E-state index in [1.165, 1.54) is 44.6 Å². The third-order valence-electron chi connectivity index (χ3n) is 4.34. The molecule has 0 bridgehead atoms. The Morgan fingerprint density at radius 3 is 2.60 bits per heavy atom. The minimum Gasteiger partial charge on any atom is -0.310 e. The van der Waals surface area contributed by atoms with Gasteiger partial charge in [0.25, 0.3) is 6.43 Å². The van der Waals surface area contributed by atoms with E-state index in [1.807, 2.05) is 6.07 Å². The van der Waals surface area contributed by atoms with E-state index in [0.717, 1.165) is 11.5 Å². The fourth-order valence-electron chi connectivity index (χ4n) is 3.16. The molecule has 1 fully saturated rings. The minimum absolute atomic E-state index is 0.121. The van der Waals surface area contributed by atoms with Crippen molar-refractivity contribution in [3.05, 3.63) is 35.4 Å². The first-order chi connectivity index (χ1) is 9.69. The van der Waals surface area contributed by atoms with Gasteiger partial charge in [-0.15, -0.1) is 0 Å². The zero-order valence-corrected chi connectivity index (χ0v) is 12.2. The van der Waals surface area contributed by atoms with Gasteiger partial charge >= 0.3 is 0 Å². The van der Waals surface area contributed by atoms with Crippen LogP contribution in [0.15, 0.2) is 24.3 Å². The Balaban J connectivity index is 1.77. The van der Waals surface area contributed by atoms with Gasteiger partial charge in [-0.2, -0.15) is 0 Å². The summed E-state index contributed by atoms with van der Waals surface area (Å²) in [5.41, 5.74) is 1.08. The molecule has 0 atom stereocenters. The number of rotatable bonds is 6. The van der Waals surface area contributed by atoms with Gasteiger partial charge in [0.05, 0.1) is 0 Å². The van der Waals surface area contributed by atoms with Gasteiger partial charge in [0.1, 0.15) is 0 Å². The van der Waals surface area contributed by atoms with Gasteiger partial charge in [-0.1, -0.05) is 38.0 Å². The highest BCUT2D eigenvalue weighted by Gasteiger charge is 2.20. The van der Waals surface area contributed by atoms with Crippen LogP contribution in [0.4, 0.5) is 8.78 Å². The molecule has 0 unspecified atom stereocenters. The number of halogens is 2. The van der Waals surface area contributed by atoms with Crippen LogP contribution >= 0.6 is 0 Å². The smallest absolute Gasteiger partial charge is 0.263 e. The maximum Gasteiger partial charge on any atom is 0.263 e. The summed E-state index contributed by atoms with van der Waals surface area (Å²) in [5, 5.41) is 3.52. The van der Waals surface area contributed by atoms with E-state index in [4.69, 9.17) is 0 Å². The molecule has 0 aliphatic heterocycles. The summed E-state index contributed by atoms with van der Waals surface area (Å²) >= 11 is 0. The molecule has 1 aromatic carbocycles. The van der Waals surface area contributed by atoms with Crippen LogP contribution in [0, 0.1) is 5.92 Å². The molecular weight excluding hydrogens is 256 g/mol. The fourth-order valence-corrected chi connectivity index (χ4v) is 3.16. The molecule has 0 spiro atoms. The number of hydrogen-bond acceptors (Lipinski definition) is 1. The van der Waals surface area contributed by atoms with Crippen LogP contribution < -0.4 is 5.32 Å². The van der Waals surface area contributed by atoms with E-state index in [-0.39, 0.29) is 5.56 Å². The summed E-state index contributed by atoms with van der Waals surface area (Å²) < 4.78 is 25.3. The average molecular weight is 281 g/mol. The molecule has 0 heterocycles. The first kappa shape index (κ1) is 15.4. The largest absolute Gasteiger partial charge is 0.310 e. The van der Waals surface area contributed by atoms with Crippen LogP contribution in [0.1, 0.15) is 63.0 Å². The quantitative estimate of drug-likeness (QED) is 0.767. The van der Waals surface area contributed by atoms with Crippen molar-refractivity contribution in [1.82, 2.24) is 5.32 Å².